The van der Waals surface area contributed by atoms with Gasteiger partial charge in [0.2, 0.25) is 11.8 Å². The van der Waals surface area contributed by atoms with E-state index in [0.717, 1.165) is 61.4 Å². The van der Waals surface area contributed by atoms with Crippen molar-refractivity contribution in [2.45, 2.75) is 97.4 Å². The molecule has 3 aromatic carbocycles. The van der Waals surface area contributed by atoms with Crippen LogP contribution in [0.2, 0.25) is 0 Å². The molecule has 0 bridgehead atoms. The summed E-state index contributed by atoms with van der Waals surface area (Å²) in [6, 6.07) is 11.6. The number of ether oxygens (including phenoxy) is 5. The molecule has 18 heteroatoms. The third-order valence-electron chi connectivity index (χ3n) is 12.7. The number of methoxy groups -OCH3 is 4. The average molecular weight is 925 g/mol. The molecule has 0 saturated carbocycles. The lowest BCUT2D eigenvalue weighted by molar-refractivity contribution is -0.138. The number of carboxylic acid groups (broad SMARTS) is 1. The molecule has 3 aliphatic rings. The molecule has 5 heterocycles. The first kappa shape index (κ1) is 48.7. The molecule has 2 fully saturated rings. The number of hydrogen-bond acceptors (Lipinski definition) is 11. The van der Waals surface area contributed by atoms with Gasteiger partial charge in [-0.1, -0.05) is 45.9 Å². The highest BCUT2D eigenvalue weighted by Gasteiger charge is 2.43. The lowest BCUT2D eigenvalue weighted by atomic mass is 9.92. The van der Waals surface area contributed by atoms with Crippen LogP contribution in [0.25, 0.3) is 44.2 Å². The minimum Gasteiger partial charge on any atom is -0.488 e. The van der Waals surface area contributed by atoms with E-state index in [1.807, 2.05) is 24.3 Å². The first-order valence-electron chi connectivity index (χ1n) is 22.8. The molecule has 1 unspecified atom stereocenters. The van der Waals surface area contributed by atoms with Crippen LogP contribution in [0, 0.1) is 17.8 Å². The van der Waals surface area contributed by atoms with E-state index in [2.05, 4.69) is 66.5 Å². The number of imidazole rings is 2. The van der Waals surface area contributed by atoms with Crippen LogP contribution in [-0.2, 0) is 35.1 Å². The van der Waals surface area contributed by atoms with Gasteiger partial charge in [-0.25, -0.2) is 19.6 Å². The quantitative estimate of drug-likeness (QED) is 0.0791. The summed E-state index contributed by atoms with van der Waals surface area (Å²) in [7, 11) is 5.81. The zero-order valence-corrected chi connectivity index (χ0v) is 40.0. The molecule has 2 aromatic heterocycles. The van der Waals surface area contributed by atoms with Crippen LogP contribution in [0.15, 0.2) is 48.7 Å². The normalized spacial score (nSPS) is 20.6. The highest BCUT2D eigenvalue weighted by Crippen LogP contribution is 2.44. The van der Waals surface area contributed by atoms with Crippen LogP contribution >= 0.6 is 0 Å². The van der Waals surface area contributed by atoms with Gasteiger partial charge in [0.05, 0.1) is 60.9 Å². The van der Waals surface area contributed by atoms with Gasteiger partial charge in [-0.05, 0) is 84.9 Å². The standard InChI is InChI=1S/C45H54N8O10.C4H10/c1-22-12-34(52(18-22)43(55)38(24(3)61-6)51-45(58)62-7)40-46-17-33(48-40)27-8-10-29-28(14-27)21-63-36-16-30-26(15-31(29)36)9-11-32-39(30)49-41(47-32)35-13-25(20-59-4)19-53(35)42(54)37(23(2)60-5)50-44(56)57;1-4(2)3/h8-11,14-17,22-25,34-35,37-38,50H,12-13,18-21H2,1-7H3,(H,46,48)(H,47,49)(H,51,58)(H,56,57);4H,1-3H3/t22-,23+,24?,25-,34-,35-,37-,38-;/m0./s1. The van der Waals surface area contributed by atoms with Crippen molar-refractivity contribution in [3.63, 3.8) is 0 Å². The molecule has 0 aliphatic carbocycles. The monoisotopic (exact) mass is 924 g/mol. The van der Waals surface area contributed by atoms with Crippen molar-refractivity contribution in [1.82, 2.24) is 40.4 Å². The van der Waals surface area contributed by atoms with E-state index in [0.29, 0.717) is 50.8 Å². The number of aromatic amines is 2. The second kappa shape index (κ2) is 20.7. The van der Waals surface area contributed by atoms with Gasteiger partial charge in [0.1, 0.15) is 36.1 Å². The van der Waals surface area contributed by atoms with Crippen LogP contribution in [0.4, 0.5) is 9.59 Å². The molecule has 67 heavy (non-hydrogen) atoms. The Bertz CT molecular complexity index is 2590. The summed E-state index contributed by atoms with van der Waals surface area (Å²) in [5.74, 6) is 2.39. The molecule has 3 aliphatic heterocycles. The van der Waals surface area contributed by atoms with Crippen molar-refractivity contribution in [3.8, 4) is 28.1 Å². The Balaban J connectivity index is 0.00000160. The molecule has 2 saturated heterocycles. The number of amides is 4. The predicted octanol–water partition coefficient (Wildman–Crippen LogP) is 7.20. The number of benzene rings is 3. The maximum absolute atomic E-state index is 14.0. The molecule has 360 valence electrons. The number of carbonyl (C=O) groups excluding carboxylic acids is 3. The Labute approximate surface area is 390 Å². The van der Waals surface area contributed by atoms with E-state index >= 15 is 0 Å². The smallest absolute Gasteiger partial charge is 0.407 e. The second-order valence-electron chi connectivity index (χ2n) is 18.6. The van der Waals surface area contributed by atoms with Gasteiger partial charge in [0.25, 0.3) is 0 Å². The minimum absolute atomic E-state index is 0.0206. The number of carbonyl (C=O) groups is 4. The first-order valence-corrected chi connectivity index (χ1v) is 22.8. The molecule has 8 atom stereocenters. The SMILES string of the molecule is CC(C)C.COC[C@H]1C[C@@H](c2nc3c(ccc4cc5c(cc43)OCc3cc(-c4cnc([C@@H]6C[C@H](C)CN6C(=O)[C@@H](NC(=O)OC)C(C)OC)[nH]4)ccc3-5)[nH]2)N(C(=O)[C@@H](NC(=O)O)[C@@H](C)OC)C1. The highest BCUT2D eigenvalue weighted by atomic mass is 16.5. The van der Waals surface area contributed by atoms with Crippen LogP contribution in [0.1, 0.15) is 83.7 Å². The fraction of sp³-hybridized carbons (Fsp3) is 0.510. The van der Waals surface area contributed by atoms with Gasteiger partial charge in [-0.2, -0.15) is 0 Å². The number of likely N-dealkylation sites (tertiary alicyclic amines) is 2. The minimum atomic E-state index is -1.31. The Morgan fingerprint density at radius 1 is 0.836 bits per heavy atom. The van der Waals surface area contributed by atoms with Crippen molar-refractivity contribution in [3.05, 3.63) is 65.9 Å². The van der Waals surface area contributed by atoms with Crippen molar-refractivity contribution in [2.24, 2.45) is 17.8 Å². The van der Waals surface area contributed by atoms with Gasteiger partial charge in [-0.3, -0.25) is 9.59 Å². The fourth-order valence-corrected chi connectivity index (χ4v) is 9.32. The number of nitrogens with one attached hydrogen (secondary N) is 4. The number of fused-ring (bicyclic) bond motifs is 6. The Kier molecular flexibility index (Phi) is 15.1. The van der Waals surface area contributed by atoms with Crippen LogP contribution < -0.4 is 15.4 Å². The Morgan fingerprint density at radius 3 is 2.16 bits per heavy atom. The molecule has 5 aromatic rings. The summed E-state index contributed by atoms with van der Waals surface area (Å²) in [4.78, 5) is 71.9. The maximum Gasteiger partial charge on any atom is 0.407 e. The molecule has 8 rings (SSSR count). The van der Waals surface area contributed by atoms with E-state index in [1.54, 1.807) is 37.0 Å². The number of hydrogen-bond donors (Lipinski definition) is 5. The largest absolute Gasteiger partial charge is 0.488 e. The van der Waals surface area contributed by atoms with E-state index in [9.17, 15) is 24.3 Å². The number of rotatable bonds is 13. The molecule has 0 radical (unpaired) electrons. The molecule has 5 N–H and O–H groups in total. The zero-order chi connectivity index (χ0) is 48.3. The maximum atomic E-state index is 14.0. The third kappa shape index (κ3) is 10.4. The van der Waals surface area contributed by atoms with Crippen LogP contribution in [0.3, 0.4) is 0 Å². The summed E-state index contributed by atoms with van der Waals surface area (Å²) in [5, 5.41) is 16.4. The van der Waals surface area contributed by atoms with Crippen molar-refractivity contribution in [1.29, 1.82) is 0 Å². The summed E-state index contributed by atoms with van der Waals surface area (Å²) in [6.45, 7) is 13.6. The Hall–Kier alpha value is -6.24. The summed E-state index contributed by atoms with van der Waals surface area (Å²) in [5.41, 5.74) is 6.25. The highest BCUT2D eigenvalue weighted by molar-refractivity contribution is 6.07. The lowest BCUT2D eigenvalue weighted by Gasteiger charge is -2.30. The summed E-state index contributed by atoms with van der Waals surface area (Å²) in [6.07, 6.45) is -0.238. The van der Waals surface area contributed by atoms with Gasteiger partial charge < -0.3 is 59.2 Å². The molecular weight excluding hydrogens is 861 g/mol. The summed E-state index contributed by atoms with van der Waals surface area (Å²) < 4.78 is 27.5. The van der Waals surface area contributed by atoms with Gasteiger partial charge in [-0.15, -0.1) is 0 Å². The van der Waals surface area contributed by atoms with Crippen molar-refractivity contribution >= 4 is 45.8 Å². The Morgan fingerprint density at radius 2 is 1.51 bits per heavy atom. The topological polar surface area (TPSA) is 223 Å². The fourth-order valence-electron chi connectivity index (χ4n) is 9.32. The van der Waals surface area contributed by atoms with Gasteiger partial charge in [0, 0.05) is 51.3 Å². The zero-order valence-electron chi connectivity index (χ0n) is 40.0. The van der Waals surface area contributed by atoms with E-state index in [4.69, 9.17) is 33.7 Å². The van der Waals surface area contributed by atoms with E-state index in [-0.39, 0.29) is 23.8 Å². The lowest BCUT2D eigenvalue weighted by Crippen LogP contribution is -2.54. The predicted molar refractivity (Wildman–Crippen MR) is 251 cm³/mol. The van der Waals surface area contributed by atoms with E-state index in [1.165, 1.54) is 21.3 Å². The number of aromatic nitrogens is 4. The molecule has 18 nitrogen and oxygen atoms in total. The molecular formula is C49H64N8O10. The van der Waals surface area contributed by atoms with Crippen molar-refractivity contribution in [2.75, 3.05) is 48.1 Å². The third-order valence-corrected chi connectivity index (χ3v) is 12.7. The molecule has 4 amide bonds. The average Bonchev–Trinajstić information content (AvgIpc) is 4.14. The van der Waals surface area contributed by atoms with Gasteiger partial charge >= 0.3 is 12.2 Å². The summed E-state index contributed by atoms with van der Waals surface area (Å²) >= 11 is 0. The number of alkyl carbamates (subject to hydrolysis) is 1. The van der Waals surface area contributed by atoms with E-state index < -0.39 is 48.4 Å². The molecule has 0 spiro atoms. The van der Waals surface area contributed by atoms with Crippen molar-refractivity contribution < 1.29 is 48.0 Å². The van der Waals surface area contributed by atoms with Gasteiger partial charge in [0.15, 0.2) is 0 Å². The number of H-pyrrole nitrogens is 2. The first-order chi connectivity index (χ1) is 32.0. The van der Waals surface area contributed by atoms with Crippen LogP contribution in [-0.4, -0.2) is 131 Å². The van der Waals surface area contributed by atoms with Crippen LogP contribution in [0.5, 0.6) is 5.75 Å². The number of nitrogens with zero attached hydrogens (tertiary/aromatic N) is 4. The second-order valence-corrected chi connectivity index (χ2v) is 18.6.